The van der Waals surface area contributed by atoms with Gasteiger partial charge < -0.3 is 14.7 Å². The molecule has 1 atom stereocenters. The van der Waals surface area contributed by atoms with Crippen LogP contribution in [0, 0.1) is 0 Å². The zero-order chi connectivity index (χ0) is 20.6. The van der Waals surface area contributed by atoms with E-state index < -0.39 is 6.10 Å². The summed E-state index contributed by atoms with van der Waals surface area (Å²) in [6, 6.07) is 31.0. The molecule has 0 aliphatic carbocycles. The number of anilines is 1. The van der Waals surface area contributed by atoms with Gasteiger partial charge in [-0.1, -0.05) is 78.9 Å². The molecule has 0 aromatic heterocycles. The van der Waals surface area contributed by atoms with Gasteiger partial charge in [-0.05, 0) is 23.3 Å². The third-order valence-electron chi connectivity index (χ3n) is 5.62. The molecule has 0 amide bonds. The maximum absolute atomic E-state index is 10.6. The van der Waals surface area contributed by atoms with Gasteiger partial charge in [0.25, 0.3) is 0 Å². The molecule has 0 unspecified atom stereocenters. The van der Waals surface area contributed by atoms with Crippen molar-refractivity contribution < 1.29 is 9.84 Å². The van der Waals surface area contributed by atoms with E-state index in [2.05, 4.69) is 58.3 Å². The van der Waals surface area contributed by atoms with Crippen molar-refractivity contribution in [2.24, 2.45) is 0 Å². The Kier molecular flexibility index (Phi) is 7.14. The molecule has 30 heavy (non-hydrogen) atoms. The van der Waals surface area contributed by atoms with Crippen LogP contribution in [0.4, 0.5) is 5.69 Å². The van der Waals surface area contributed by atoms with E-state index in [1.165, 1.54) is 5.69 Å². The highest BCUT2D eigenvalue weighted by Gasteiger charge is 2.21. The van der Waals surface area contributed by atoms with Crippen LogP contribution >= 0.6 is 0 Å². The number of β-amino-alcohol motifs (C(OH)–C–C–N with tert-alkyl or cyclic N) is 1. The molecular weight excluding hydrogens is 372 g/mol. The van der Waals surface area contributed by atoms with Crippen molar-refractivity contribution in [1.82, 2.24) is 4.90 Å². The van der Waals surface area contributed by atoms with E-state index in [0.717, 1.165) is 37.3 Å². The van der Waals surface area contributed by atoms with Crippen LogP contribution in [0.5, 0.6) is 0 Å². The highest BCUT2D eigenvalue weighted by Crippen LogP contribution is 2.26. The Labute approximate surface area is 179 Å². The van der Waals surface area contributed by atoms with Crippen LogP contribution in [0.1, 0.15) is 17.2 Å². The van der Waals surface area contributed by atoms with Gasteiger partial charge in [0.15, 0.2) is 0 Å². The largest absolute Gasteiger partial charge is 0.389 e. The van der Waals surface area contributed by atoms with Crippen LogP contribution in [0.2, 0.25) is 0 Å². The first kappa shape index (κ1) is 20.6. The monoisotopic (exact) mass is 402 g/mol. The fraction of sp³-hybridized carbons (Fsp3) is 0.308. The summed E-state index contributed by atoms with van der Waals surface area (Å²) in [5, 5.41) is 10.6. The van der Waals surface area contributed by atoms with Crippen LogP contribution in [0.25, 0.3) is 0 Å². The van der Waals surface area contributed by atoms with Crippen molar-refractivity contribution in [3.63, 3.8) is 0 Å². The topological polar surface area (TPSA) is 35.9 Å². The van der Waals surface area contributed by atoms with Gasteiger partial charge in [0.2, 0.25) is 0 Å². The van der Waals surface area contributed by atoms with Gasteiger partial charge >= 0.3 is 0 Å². The summed E-state index contributed by atoms with van der Waals surface area (Å²) in [5.74, 6) is 0. The number of hydrogen-bond donors (Lipinski definition) is 1. The van der Waals surface area contributed by atoms with Gasteiger partial charge in [-0.3, -0.25) is 4.90 Å². The minimum absolute atomic E-state index is 0.169. The SMILES string of the molecule is O[C@H](COC(c1ccccc1)c1ccccc1)CN1CCN(c2ccccc2)CC1. The van der Waals surface area contributed by atoms with E-state index in [9.17, 15) is 5.11 Å². The number of rotatable bonds is 8. The molecule has 1 saturated heterocycles. The quantitative estimate of drug-likeness (QED) is 0.618. The van der Waals surface area contributed by atoms with Gasteiger partial charge in [0, 0.05) is 38.4 Å². The molecule has 156 valence electrons. The van der Waals surface area contributed by atoms with E-state index in [-0.39, 0.29) is 6.10 Å². The summed E-state index contributed by atoms with van der Waals surface area (Å²) in [6.45, 7) is 4.81. The standard InChI is InChI=1S/C26H30N2O2/c29-25(20-27-16-18-28(19-17-27)24-14-8-3-9-15-24)21-30-26(22-10-4-1-5-11-22)23-12-6-2-7-13-23/h1-15,25-26,29H,16-21H2/t25-/m0/s1. The van der Waals surface area contributed by atoms with E-state index >= 15 is 0 Å². The van der Waals surface area contributed by atoms with Gasteiger partial charge in [0.05, 0.1) is 12.7 Å². The first-order valence-corrected chi connectivity index (χ1v) is 10.7. The molecular formula is C26H30N2O2. The molecule has 4 nitrogen and oxygen atoms in total. The number of ether oxygens (including phenoxy) is 1. The molecule has 3 aromatic carbocycles. The second kappa shape index (κ2) is 10.4. The number of hydrogen-bond acceptors (Lipinski definition) is 4. The zero-order valence-electron chi connectivity index (χ0n) is 17.3. The Morgan fingerprint density at radius 3 is 1.73 bits per heavy atom. The Morgan fingerprint density at radius 2 is 1.20 bits per heavy atom. The van der Waals surface area contributed by atoms with Gasteiger partial charge in [-0.2, -0.15) is 0 Å². The van der Waals surface area contributed by atoms with Gasteiger partial charge in [-0.25, -0.2) is 0 Å². The lowest BCUT2D eigenvalue weighted by Gasteiger charge is -2.37. The fourth-order valence-electron chi connectivity index (χ4n) is 4.03. The highest BCUT2D eigenvalue weighted by molar-refractivity contribution is 5.46. The molecule has 1 aliphatic rings. The van der Waals surface area contributed by atoms with E-state index in [1.54, 1.807) is 0 Å². The summed E-state index contributed by atoms with van der Waals surface area (Å²) in [7, 11) is 0. The highest BCUT2D eigenvalue weighted by atomic mass is 16.5. The van der Waals surface area contributed by atoms with Crippen molar-refractivity contribution >= 4 is 5.69 Å². The number of piperazine rings is 1. The lowest BCUT2D eigenvalue weighted by Crippen LogP contribution is -2.49. The number of nitrogens with zero attached hydrogens (tertiary/aromatic N) is 2. The minimum atomic E-state index is -0.511. The molecule has 4 rings (SSSR count). The third-order valence-corrected chi connectivity index (χ3v) is 5.62. The molecule has 0 radical (unpaired) electrons. The van der Waals surface area contributed by atoms with Crippen LogP contribution in [0.15, 0.2) is 91.0 Å². The predicted octanol–water partition coefficient (Wildman–Crippen LogP) is 3.98. The molecule has 1 N–H and O–H groups in total. The van der Waals surface area contributed by atoms with Crippen molar-refractivity contribution in [2.45, 2.75) is 12.2 Å². The number of aliphatic hydroxyl groups is 1. The fourth-order valence-corrected chi connectivity index (χ4v) is 4.03. The average Bonchev–Trinajstić information content (AvgIpc) is 2.82. The van der Waals surface area contributed by atoms with Crippen LogP contribution in [-0.2, 0) is 4.74 Å². The molecule has 4 heteroatoms. The van der Waals surface area contributed by atoms with E-state index in [0.29, 0.717) is 13.2 Å². The molecule has 1 heterocycles. The maximum Gasteiger partial charge on any atom is 0.108 e. The van der Waals surface area contributed by atoms with Gasteiger partial charge in [0.1, 0.15) is 6.10 Å². The van der Waals surface area contributed by atoms with Crippen LogP contribution < -0.4 is 4.90 Å². The Bertz CT molecular complexity index is 826. The second-order valence-electron chi connectivity index (χ2n) is 7.81. The summed E-state index contributed by atoms with van der Waals surface area (Å²) < 4.78 is 6.22. The molecule has 1 fully saturated rings. The third kappa shape index (κ3) is 5.48. The Balaban J connectivity index is 1.30. The summed E-state index contributed by atoms with van der Waals surface area (Å²) in [4.78, 5) is 4.73. The lowest BCUT2D eigenvalue weighted by atomic mass is 10.0. The minimum Gasteiger partial charge on any atom is -0.389 e. The molecule has 0 spiro atoms. The van der Waals surface area contributed by atoms with E-state index in [1.807, 2.05) is 42.5 Å². The second-order valence-corrected chi connectivity index (χ2v) is 7.81. The maximum atomic E-state index is 10.6. The molecule has 1 aliphatic heterocycles. The lowest BCUT2D eigenvalue weighted by molar-refractivity contribution is -0.00893. The molecule has 0 saturated carbocycles. The first-order valence-electron chi connectivity index (χ1n) is 10.7. The predicted molar refractivity (Wildman–Crippen MR) is 122 cm³/mol. The van der Waals surface area contributed by atoms with Crippen molar-refractivity contribution in [3.8, 4) is 0 Å². The molecule has 3 aromatic rings. The van der Waals surface area contributed by atoms with Crippen molar-refractivity contribution in [2.75, 3.05) is 44.2 Å². The van der Waals surface area contributed by atoms with Gasteiger partial charge in [-0.15, -0.1) is 0 Å². The normalized spacial score (nSPS) is 16.0. The summed E-state index contributed by atoms with van der Waals surface area (Å²) in [5.41, 5.74) is 3.48. The smallest absolute Gasteiger partial charge is 0.108 e. The number of aliphatic hydroxyl groups excluding tert-OH is 1. The number of benzene rings is 3. The summed E-state index contributed by atoms with van der Waals surface area (Å²) >= 11 is 0. The van der Waals surface area contributed by atoms with E-state index in [4.69, 9.17) is 4.74 Å². The average molecular weight is 403 g/mol. The van der Waals surface area contributed by atoms with Crippen molar-refractivity contribution in [1.29, 1.82) is 0 Å². The zero-order valence-corrected chi connectivity index (χ0v) is 17.3. The Hall–Kier alpha value is -2.66. The number of para-hydroxylation sites is 1. The van der Waals surface area contributed by atoms with Crippen LogP contribution in [-0.4, -0.2) is 55.4 Å². The van der Waals surface area contributed by atoms with Crippen molar-refractivity contribution in [3.05, 3.63) is 102 Å². The first-order chi connectivity index (χ1) is 14.8. The Morgan fingerprint density at radius 1 is 0.700 bits per heavy atom. The van der Waals surface area contributed by atoms with Crippen LogP contribution in [0.3, 0.4) is 0 Å². The molecule has 0 bridgehead atoms. The summed E-state index contributed by atoms with van der Waals surface area (Å²) in [6.07, 6.45) is -0.680.